The van der Waals surface area contributed by atoms with Gasteiger partial charge in [0.2, 0.25) is 5.91 Å². The van der Waals surface area contributed by atoms with Gasteiger partial charge < -0.3 is 15.4 Å². The fourth-order valence-corrected chi connectivity index (χ4v) is 2.97. The van der Waals surface area contributed by atoms with Gasteiger partial charge in [-0.3, -0.25) is 9.59 Å². The van der Waals surface area contributed by atoms with Gasteiger partial charge in [-0.1, -0.05) is 31.4 Å². The quantitative estimate of drug-likeness (QED) is 0.754. The molecule has 24 heavy (non-hydrogen) atoms. The van der Waals surface area contributed by atoms with E-state index in [0.29, 0.717) is 13.1 Å². The molecule has 132 valence electrons. The van der Waals surface area contributed by atoms with E-state index in [2.05, 4.69) is 10.6 Å². The minimum atomic E-state index is -0.178. The molecule has 1 saturated carbocycles. The summed E-state index contributed by atoms with van der Waals surface area (Å²) in [5.74, 6) is 0.830. The van der Waals surface area contributed by atoms with E-state index >= 15 is 0 Å². The highest BCUT2D eigenvalue weighted by atomic mass is 16.5. The number of ether oxygens (including phenoxy) is 1. The number of rotatable bonds is 7. The minimum Gasteiger partial charge on any atom is -0.483 e. The van der Waals surface area contributed by atoms with E-state index in [-0.39, 0.29) is 24.3 Å². The van der Waals surface area contributed by atoms with Crippen molar-refractivity contribution in [1.29, 1.82) is 0 Å². The maximum absolute atomic E-state index is 12.0. The van der Waals surface area contributed by atoms with Crippen molar-refractivity contribution in [3.05, 3.63) is 29.3 Å². The number of hydrogen-bond donors (Lipinski definition) is 2. The third kappa shape index (κ3) is 5.55. The van der Waals surface area contributed by atoms with Crippen LogP contribution in [0.5, 0.6) is 5.75 Å². The monoisotopic (exact) mass is 332 g/mol. The molecular formula is C19H28N2O3. The number of amides is 2. The third-order valence-electron chi connectivity index (χ3n) is 4.64. The Morgan fingerprint density at radius 3 is 2.54 bits per heavy atom. The summed E-state index contributed by atoms with van der Waals surface area (Å²) in [5, 5.41) is 5.67. The van der Waals surface area contributed by atoms with Gasteiger partial charge in [0.15, 0.2) is 6.61 Å². The fourth-order valence-electron chi connectivity index (χ4n) is 2.97. The van der Waals surface area contributed by atoms with Crippen LogP contribution in [0.1, 0.15) is 43.2 Å². The molecule has 0 spiro atoms. The molecule has 5 nitrogen and oxygen atoms in total. The largest absolute Gasteiger partial charge is 0.483 e. The second-order valence-corrected chi connectivity index (χ2v) is 6.46. The van der Waals surface area contributed by atoms with Crippen LogP contribution >= 0.6 is 0 Å². The number of hydrogen-bond acceptors (Lipinski definition) is 3. The lowest BCUT2D eigenvalue weighted by molar-refractivity contribution is -0.126. The maximum Gasteiger partial charge on any atom is 0.258 e. The maximum atomic E-state index is 12.0. The summed E-state index contributed by atoms with van der Waals surface area (Å²) in [4.78, 5) is 23.8. The molecule has 1 aliphatic rings. The van der Waals surface area contributed by atoms with Crippen LogP contribution in [0.25, 0.3) is 0 Å². The summed E-state index contributed by atoms with van der Waals surface area (Å²) in [7, 11) is 0. The molecule has 0 aliphatic heterocycles. The Hall–Kier alpha value is -2.04. The highest BCUT2D eigenvalue weighted by molar-refractivity contribution is 5.79. The predicted octanol–water partition coefficient (Wildman–Crippen LogP) is 2.49. The van der Waals surface area contributed by atoms with Crippen molar-refractivity contribution < 1.29 is 14.3 Å². The van der Waals surface area contributed by atoms with Gasteiger partial charge in [0.05, 0.1) is 0 Å². The van der Waals surface area contributed by atoms with Gasteiger partial charge in [-0.25, -0.2) is 0 Å². The highest BCUT2D eigenvalue weighted by Crippen LogP contribution is 2.23. The highest BCUT2D eigenvalue weighted by Gasteiger charge is 2.20. The molecule has 0 aromatic heterocycles. The molecule has 2 rings (SSSR count). The number of benzene rings is 1. The van der Waals surface area contributed by atoms with Crippen molar-refractivity contribution in [2.24, 2.45) is 5.92 Å². The molecule has 1 aliphatic carbocycles. The van der Waals surface area contributed by atoms with Gasteiger partial charge in [-0.15, -0.1) is 0 Å². The Morgan fingerprint density at radius 1 is 1.08 bits per heavy atom. The van der Waals surface area contributed by atoms with Gasteiger partial charge in [-0.05, 0) is 43.9 Å². The average molecular weight is 332 g/mol. The number of carbonyl (C=O) groups excluding carboxylic acids is 2. The molecule has 0 bridgehead atoms. The smallest absolute Gasteiger partial charge is 0.258 e. The molecule has 2 amide bonds. The molecule has 2 N–H and O–H groups in total. The molecule has 0 atom stereocenters. The predicted molar refractivity (Wildman–Crippen MR) is 94.0 cm³/mol. The Morgan fingerprint density at radius 2 is 1.79 bits per heavy atom. The summed E-state index contributed by atoms with van der Waals surface area (Å²) in [6, 6.07) is 5.79. The van der Waals surface area contributed by atoms with Crippen LogP contribution in [-0.4, -0.2) is 31.5 Å². The zero-order valence-electron chi connectivity index (χ0n) is 14.7. The molecule has 1 fully saturated rings. The van der Waals surface area contributed by atoms with Gasteiger partial charge in [-0.2, -0.15) is 0 Å². The Bertz CT molecular complexity index is 566. The molecule has 0 unspecified atom stereocenters. The molecular weight excluding hydrogens is 304 g/mol. The molecule has 0 radical (unpaired) electrons. The second-order valence-electron chi connectivity index (χ2n) is 6.46. The standard InChI is InChI=1S/C19H28N2O3/c1-14-7-6-10-17(15(14)2)24-13-18(22)20-11-12-21-19(23)16-8-4-3-5-9-16/h6-7,10,16H,3-5,8-9,11-13H2,1-2H3,(H,20,22)(H,21,23). The van der Waals surface area contributed by atoms with E-state index in [1.807, 2.05) is 32.0 Å². The van der Waals surface area contributed by atoms with Crippen LogP contribution < -0.4 is 15.4 Å². The zero-order valence-corrected chi connectivity index (χ0v) is 14.7. The lowest BCUT2D eigenvalue weighted by atomic mass is 9.89. The molecule has 1 aromatic carbocycles. The van der Waals surface area contributed by atoms with E-state index < -0.39 is 0 Å². The van der Waals surface area contributed by atoms with Crippen LogP contribution in [-0.2, 0) is 9.59 Å². The first kappa shape index (κ1) is 18.3. The normalized spacial score (nSPS) is 14.9. The third-order valence-corrected chi connectivity index (χ3v) is 4.64. The summed E-state index contributed by atoms with van der Waals surface area (Å²) in [6.45, 7) is 4.86. The van der Waals surface area contributed by atoms with Crippen molar-refractivity contribution >= 4 is 11.8 Å². The Labute approximate surface area is 144 Å². The van der Waals surface area contributed by atoms with E-state index in [4.69, 9.17) is 4.74 Å². The summed E-state index contributed by atoms with van der Waals surface area (Å²) < 4.78 is 5.55. The Kier molecular flexibility index (Phi) is 7.09. The van der Waals surface area contributed by atoms with Gasteiger partial charge in [0.1, 0.15) is 5.75 Å². The van der Waals surface area contributed by atoms with E-state index in [1.54, 1.807) is 0 Å². The minimum absolute atomic E-state index is 0.0130. The van der Waals surface area contributed by atoms with Gasteiger partial charge in [0.25, 0.3) is 5.91 Å². The Balaban J connectivity index is 1.61. The second kappa shape index (κ2) is 9.30. The average Bonchev–Trinajstić information content (AvgIpc) is 2.60. The lowest BCUT2D eigenvalue weighted by Gasteiger charge is -2.20. The fraction of sp³-hybridized carbons (Fsp3) is 0.579. The molecule has 0 saturated heterocycles. The molecule has 5 heteroatoms. The van der Waals surface area contributed by atoms with Crippen molar-refractivity contribution in [2.75, 3.05) is 19.7 Å². The van der Waals surface area contributed by atoms with Gasteiger partial charge in [0, 0.05) is 19.0 Å². The van der Waals surface area contributed by atoms with Crippen molar-refractivity contribution in [2.45, 2.75) is 46.0 Å². The van der Waals surface area contributed by atoms with E-state index in [9.17, 15) is 9.59 Å². The van der Waals surface area contributed by atoms with Crippen LogP contribution in [0.3, 0.4) is 0 Å². The SMILES string of the molecule is Cc1cccc(OCC(=O)NCCNC(=O)C2CCCCC2)c1C. The first-order valence-electron chi connectivity index (χ1n) is 8.81. The van der Waals surface area contributed by atoms with Gasteiger partial charge >= 0.3 is 0 Å². The summed E-state index contributed by atoms with van der Waals surface area (Å²) >= 11 is 0. The number of aryl methyl sites for hydroxylation is 1. The van der Waals surface area contributed by atoms with Crippen LogP contribution in [0.15, 0.2) is 18.2 Å². The van der Waals surface area contributed by atoms with Crippen LogP contribution in [0.4, 0.5) is 0 Å². The van der Waals surface area contributed by atoms with Crippen molar-refractivity contribution in [1.82, 2.24) is 10.6 Å². The molecule has 1 aromatic rings. The van der Waals surface area contributed by atoms with Crippen LogP contribution in [0.2, 0.25) is 0 Å². The van der Waals surface area contributed by atoms with E-state index in [1.165, 1.54) is 6.42 Å². The first-order valence-corrected chi connectivity index (χ1v) is 8.81. The number of carbonyl (C=O) groups is 2. The number of nitrogens with one attached hydrogen (secondary N) is 2. The topological polar surface area (TPSA) is 67.4 Å². The zero-order chi connectivity index (χ0) is 17.4. The lowest BCUT2D eigenvalue weighted by Crippen LogP contribution is -2.39. The van der Waals surface area contributed by atoms with Crippen molar-refractivity contribution in [3.8, 4) is 5.75 Å². The first-order chi connectivity index (χ1) is 11.6. The van der Waals surface area contributed by atoms with E-state index in [0.717, 1.165) is 42.6 Å². The summed E-state index contributed by atoms with van der Waals surface area (Å²) in [6.07, 6.45) is 5.50. The summed E-state index contributed by atoms with van der Waals surface area (Å²) in [5.41, 5.74) is 2.18. The molecule has 0 heterocycles. The van der Waals surface area contributed by atoms with Crippen molar-refractivity contribution in [3.63, 3.8) is 0 Å². The van der Waals surface area contributed by atoms with Crippen LogP contribution in [0, 0.1) is 19.8 Å².